The Balaban J connectivity index is -0.000000405. The minimum absolute atomic E-state index is 0. The van der Waals surface area contributed by atoms with Gasteiger partial charge in [0.25, 0.3) is 0 Å². The van der Waals surface area contributed by atoms with Gasteiger partial charge in [-0.15, -0.1) is 24.0 Å². The van der Waals surface area contributed by atoms with E-state index in [-0.39, 0.29) is 49.4 Å². The largest absolute Gasteiger partial charge is 0.466 e. The summed E-state index contributed by atoms with van der Waals surface area (Å²) < 4.78 is 4.39. The summed E-state index contributed by atoms with van der Waals surface area (Å²) in [5.74, 6) is -0.288. The number of esters is 1. The number of carbonyl (C=O) groups excluding carboxylic acids is 1. The van der Waals surface area contributed by atoms with Crippen LogP contribution >= 0.6 is 24.0 Å². The maximum Gasteiger partial charge on any atom is 0.330 e. The van der Waals surface area contributed by atoms with Crippen LogP contribution in [0.4, 0.5) is 0 Å². The van der Waals surface area contributed by atoms with Crippen molar-refractivity contribution in [3.63, 3.8) is 0 Å². The molecule has 0 aromatic heterocycles. The second-order valence-electron chi connectivity index (χ2n) is 1.92. The van der Waals surface area contributed by atoms with Crippen molar-refractivity contribution in [1.29, 1.82) is 0 Å². The standard InChI is InChI=1S/C8H13O2.HI.Zn/c1-3-4-5-6-7-8(9)10-2;;/h6-7H,1,3-5H2,2H3;1H;/q-1;;. The third-order valence-electron chi connectivity index (χ3n) is 1.08. The molecule has 0 aliphatic heterocycles. The Morgan fingerprint density at radius 3 is 2.58 bits per heavy atom. The van der Waals surface area contributed by atoms with Gasteiger partial charge >= 0.3 is 5.97 Å². The molecule has 2 nitrogen and oxygen atoms in total. The van der Waals surface area contributed by atoms with Crippen molar-refractivity contribution in [2.24, 2.45) is 0 Å². The Bertz CT molecular complexity index is 126. The van der Waals surface area contributed by atoms with Crippen LogP contribution in [0.25, 0.3) is 0 Å². The molecule has 0 rings (SSSR count). The predicted molar refractivity (Wildman–Crippen MR) is 55.8 cm³/mol. The second-order valence-corrected chi connectivity index (χ2v) is 1.92. The van der Waals surface area contributed by atoms with E-state index in [4.69, 9.17) is 0 Å². The summed E-state index contributed by atoms with van der Waals surface area (Å²) in [6.45, 7) is 3.67. The molecule has 12 heavy (non-hydrogen) atoms. The van der Waals surface area contributed by atoms with Gasteiger partial charge in [-0.05, 0) is 6.42 Å². The average molecular weight is 334 g/mol. The predicted octanol–water partition coefficient (Wildman–Crippen LogP) is 2.34. The van der Waals surface area contributed by atoms with Gasteiger partial charge in [-0.2, -0.15) is 6.42 Å². The van der Waals surface area contributed by atoms with Gasteiger partial charge < -0.3 is 11.7 Å². The van der Waals surface area contributed by atoms with Crippen LogP contribution in [0.15, 0.2) is 12.2 Å². The first-order chi connectivity index (χ1) is 4.81. The van der Waals surface area contributed by atoms with Gasteiger partial charge in [0.1, 0.15) is 0 Å². The van der Waals surface area contributed by atoms with Crippen molar-refractivity contribution in [3.8, 4) is 0 Å². The van der Waals surface area contributed by atoms with Crippen LogP contribution in [-0.4, -0.2) is 13.1 Å². The number of carbonyl (C=O) groups is 1. The summed E-state index contributed by atoms with van der Waals surface area (Å²) in [6, 6.07) is 0. The zero-order chi connectivity index (χ0) is 7.82. The Morgan fingerprint density at radius 2 is 2.17 bits per heavy atom. The van der Waals surface area contributed by atoms with Crippen LogP contribution in [0.2, 0.25) is 0 Å². The quantitative estimate of drug-likeness (QED) is 0.197. The number of rotatable bonds is 4. The van der Waals surface area contributed by atoms with E-state index in [0.29, 0.717) is 0 Å². The number of allylic oxidation sites excluding steroid dienone is 1. The van der Waals surface area contributed by atoms with E-state index in [0.717, 1.165) is 19.3 Å². The zero-order valence-electron chi connectivity index (χ0n) is 7.41. The molecule has 0 spiro atoms. The molecule has 0 saturated carbocycles. The summed E-state index contributed by atoms with van der Waals surface area (Å²) in [6.07, 6.45) is 6.07. The summed E-state index contributed by atoms with van der Waals surface area (Å²) in [5.41, 5.74) is 0. The minimum Gasteiger partial charge on any atom is -0.466 e. The molecule has 68 valence electrons. The van der Waals surface area contributed by atoms with Crippen molar-refractivity contribution < 1.29 is 29.0 Å². The van der Waals surface area contributed by atoms with Gasteiger partial charge in [0.2, 0.25) is 0 Å². The van der Waals surface area contributed by atoms with Gasteiger partial charge in [-0.3, -0.25) is 0 Å². The SMILES string of the molecule is I.[CH2-]CCCC=CC(=O)OC.[Zn]. The van der Waals surface area contributed by atoms with Gasteiger partial charge in [0.15, 0.2) is 0 Å². The Labute approximate surface area is 104 Å². The Morgan fingerprint density at radius 1 is 1.58 bits per heavy atom. The third kappa shape index (κ3) is 13.2. The van der Waals surface area contributed by atoms with Crippen molar-refractivity contribution in [2.45, 2.75) is 19.3 Å². The molecule has 0 aromatic carbocycles. The Kier molecular flexibility index (Phi) is 21.6. The van der Waals surface area contributed by atoms with E-state index >= 15 is 0 Å². The van der Waals surface area contributed by atoms with Gasteiger partial charge in [0, 0.05) is 25.6 Å². The molecule has 0 atom stereocenters. The van der Waals surface area contributed by atoms with Crippen molar-refractivity contribution in [2.75, 3.05) is 7.11 Å². The maximum atomic E-state index is 10.5. The molecule has 0 N–H and O–H groups in total. The van der Waals surface area contributed by atoms with Crippen LogP contribution in [0, 0.1) is 6.92 Å². The number of halogens is 1. The van der Waals surface area contributed by atoms with Crippen LogP contribution in [0.5, 0.6) is 0 Å². The van der Waals surface area contributed by atoms with Gasteiger partial charge in [-0.25, -0.2) is 4.79 Å². The van der Waals surface area contributed by atoms with Crippen molar-refractivity contribution in [1.82, 2.24) is 0 Å². The zero-order valence-corrected chi connectivity index (χ0v) is 12.7. The molecule has 0 heterocycles. The smallest absolute Gasteiger partial charge is 0.330 e. The number of ether oxygens (including phenoxy) is 1. The van der Waals surface area contributed by atoms with Crippen molar-refractivity contribution in [3.05, 3.63) is 19.1 Å². The molecule has 0 unspecified atom stereocenters. The molecule has 0 aliphatic rings. The molecule has 0 amide bonds. The minimum atomic E-state index is -0.288. The average Bonchev–Trinajstić information content (AvgIpc) is 1.98. The summed E-state index contributed by atoms with van der Waals surface area (Å²) in [7, 11) is 1.37. The molecular weight excluding hydrogens is 320 g/mol. The van der Waals surface area contributed by atoms with Crippen LogP contribution < -0.4 is 0 Å². The molecule has 0 fully saturated rings. The van der Waals surface area contributed by atoms with E-state index in [1.807, 2.05) is 0 Å². The summed E-state index contributed by atoms with van der Waals surface area (Å²) in [5, 5.41) is 0. The van der Waals surface area contributed by atoms with Crippen LogP contribution in [0.3, 0.4) is 0 Å². The molecule has 0 bridgehead atoms. The molecule has 0 aromatic rings. The van der Waals surface area contributed by atoms with E-state index in [9.17, 15) is 4.79 Å². The normalized spacial score (nSPS) is 8.50. The van der Waals surface area contributed by atoms with E-state index in [1.165, 1.54) is 13.2 Å². The first-order valence-corrected chi connectivity index (χ1v) is 3.35. The van der Waals surface area contributed by atoms with E-state index in [2.05, 4.69) is 11.7 Å². The molecule has 0 radical (unpaired) electrons. The maximum absolute atomic E-state index is 10.5. The number of hydrogen-bond donors (Lipinski definition) is 0. The molecular formula is C8H14IO2Zn-. The fourth-order valence-electron chi connectivity index (χ4n) is 0.510. The summed E-state index contributed by atoms with van der Waals surface area (Å²) >= 11 is 0. The fraction of sp³-hybridized carbons (Fsp3) is 0.500. The van der Waals surface area contributed by atoms with Crippen LogP contribution in [-0.2, 0) is 29.0 Å². The molecule has 0 aliphatic carbocycles. The monoisotopic (exact) mass is 333 g/mol. The number of unbranched alkanes of at least 4 members (excludes halogenated alkanes) is 2. The van der Waals surface area contributed by atoms with Crippen molar-refractivity contribution >= 4 is 29.9 Å². The van der Waals surface area contributed by atoms with E-state index < -0.39 is 0 Å². The second kappa shape index (κ2) is 14.1. The number of hydrogen-bond acceptors (Lipinski definition) is 2. The Hall–Kier alpha value is 0.563. The van der Waals surface area contributed by atoms with Gasteiger partial charge in [-0.1, -0.05) is 12.5 Å². The van der Waals surface area contributed by atoms with E-state index in [1.54, 1.807) is 6.08 Å². The summed E-state index contributed by atoms with van der Waals surface area (Å²) in [4.78, 5) is 10.5. The topological polar surface area (TPSA) is 26.3 Å². The molecule has 4 heteroatoms. The van der Waals surface area contributed by atoms with Gasteiger partial charge in [0.05, 0.1) is 7.11 Å². The van der Waals surface area contributed by atoms with Crippen LogP contribution in [0.1, 0.15) is 19.3 Å². The third-order valence-corrected chi connectivity index (χ3v) is 1.08. The molecule has 0 saturated heterocycles. The fourth-order valence-corrected chi connectivity index (χ4v) is 0.510. The number of methoxy groups -OCH3 is 1. The first kappa shape index (κ1) is 18.4. The first-order valence-electron chi connectivity index (χ1n) is 3.35.